The Labute approximate surface area is 90.7 Å². The molecular weight excluding hydrogens is 194 g/mol. The molecule has 86 valence electrons. The summed E-state index contributed by atoms with van der Waals surface area (Å²) in [5.74, 6) is -0.997. The molecule has 0 saturated heterocycles. The van der Waals surface area contributed by atoms with Gasteiger partial charge in [0.15, 0.2) is 0 Å². The summed E-state index contributed by atoms with van der Waals surface area (Å²) in [4.78, 5) is 10.5. The van der Waals surface area contributed by atoms with Crippen LogP contribution in [0.15, 0.2) is 36.5 Å². The number of carbonyl (C=O) groups is 1. The fourth-order valence-corrected chi connectivity index (χ4v) is 0.685. The molecule has 15 heavy (non-hydrogen) atoms. The standard InChI is InChI=1S/C9H13NO2.C2H6O/c1-3-8(9(11)12)6-7(2)4-5-10;1-3-2/h3,6H,1-2,4-5,10H2,(H,11,12);1-2H3/b8-6+;. The van der Waals surface area contributed by atoms with Crippen LogP contribution in [0.4, 0.5) is 0 Å². The molecule has 0 aromatic rings. The molecule has 0 unspecified atom stereocenters. The molecule has 0 fully saturated rings. The van der Waals surface area contributed by atoms with E-state index in [1.54, 1.807) is 14.2 Å². The maximum absolute atomic E-state index is 10.5. The van der Waals surface area contributed by atoms with E-state index in [-0.39, 0.29) is 5.57 Å². The van der Waals surface area contributed by atoms with Crippen molar-refractivity contribution in [2.75, 3.05) is 20.8 Å². The van der Waals surface area contributed by atoms with Crippen molar-refractivity contribution in [3.05, 3.63) is 36.5 Å². The average Bonchev–Trinajstić information content (AvgIpc) is 2.15. The first-order valence-corrected chi connectivity index (χ1v) is 4.38. The van der Waals surface area contributed by atoms with E-state index in [0.29, 0.717) is 18.5 Å². The summed E-state index contributed by atoms with van der Waals surface area (Å²) < 4.78 is 4.25. The van der Waals surface area contributed by atoms with E-state index in [9.17, 15) is 4.79 Å². The Bertz CT molecular complexity index is 244. The Kier molecular flexibility index (Phi) is 11.4. The molecule has 0 aliphatic rings. The summed E-state index contributed by atoms with van der Waals surface area (Å²) >= 11 is 0. The molecular formula is C11H19NO3. The van der Waals surface area contributed by atoms with Gasteiger partial charge >= 0.3 is 5.97 Å². The molecule has 3 N–H and O–H groups in total. The minimum Gasteiger partial charge on any atom is -0.478 e. The van der Waals surface area contributed by atoms with E-state index in [2.05, 4.69) is 17.9 Å². The Morgan fingerprint density at radius 3 is 2.27 bits per heavy atom. The second kappa shape index (κ2) is 10.7. The summed E-state index contributed by atoms with van der Waals surface area (Å²) in [6.45, 7) is 7.49. The zero-order valence-corrected chi connectivity index (χ0v) is 9.32. The quantitative estimate of drug-likeness (QED) is 0.534. The molecule has 0 heterocycles. The van der Waals surface area contributed by atoms with Gasteiger partial charge < -0.3 is 15.6 Å². The summed E-state index contributed by atoms with van der Waals surface area (Å²) in [5, 5.41) is 8.58. The Morgan fingerprint density at radius 1 is 1.53 bits per heavy atom. The first-order valence-electron chi connectivity index (χ1n) is 4.38. The third kappa shape index (κ3) is 10.5. The van der Waals surface area contributed by atoms with Gasteiger partial charge in [-0.3, -0.25) is 0 Å². The molecule has 0 rings (SSSR count). The van der Waals surface area contributed by atoms with Crippen molar-refractivity contribution in [1.29, 1.82) is 0 Å². The Morgan fingerprint density at radius 2 is 2.00 bits per heavy atom. The van der Waals surface area contributed by atoms with Gasteiger partial charge in [-0.1, -0.05) is 24.8 Å². The molecule has 0 spiro atoms. The molecule has 0 atom stereocenters. The van der Waals surface area contributed by atoms with Gasteiger partial charge in [0.25, 0.3) is 0 Å². The molecule has 0 aromatic carbocycles. The van der Waals surface area contributed by atoms with E-state index < -0.39 is 5.97 Å². The summed E-state index contributed by atoms with van der Waals surface area (Å²) in [5.41, 5.74) is 6.11. The first-order chi connectivity index (χ1) is 7.03. The monoisotopic (exact) mass is 213 g/mol. The van der Waals surface area contributed by atoms with E-state index in [1.165, 1.54) is 12.2 Å². The highest BCUT2D eigenvalue weighted by molar-refractivity contribution is 5.90. The van der Waals surface area contributed by atoms with Gasteiger partial charge in [-0.15, -0.1) is 0 Å². The number of carboxylic acids is 1. The Hall–Kier alpha value is -1.39. The second-order valence-corrected chi connectivity index (χ2v) is 2.71. The largest absolute Gasteiger partial charge is 0.478 e. The third-order valence-electron chi connectivity index (χ3n) is 1.29. The first kappa shape index (κ1) is 16.1. The topological polar surface area (TPSA) is 72.6 Å². The van der Waals surface area contributed by atoms with E-state index in [4.69, 9.17) is 10.8 Å². The van der Waals surface area contributed by atoms with Crippen LogP contribution in [0, 0.1) is 0 Å². The second-order valence-electron chi connectivity index (χ2n) is 2.71. The van der Waals surface area contributed by atoms with Crippen LogP contribution in [0.3, 0.4) is 0 Å². The molecule has 4 heteroatoms. The number of carboxylic acid groups (broad SMARTS) is 1. The smallest absolute Gasteiger partial charge is 0.335 e. The van der Waals surface area contributed by atoms with Crippen molar-refractivity contribution in [2.45, 2.75) is 6.42 Å². The Balaban J connectivity index is 0. The molecule has 0 saturated carbocycles. The van der Waals surface area contributed by atoms with Crippen molar-refractivity contribution in [3.63, 3.8) is 0 Å². The average molecular weight is 213 g/mol. The van der Waals surface area contributed by atoms with Crippen molar-refractivity contribution >= 4 is 5.97 Å². The van der Waals surface area contributed by atoms with Gasteiger partial charge in [0.1, 0.15) is 0 Å². The molecule has 4 nitrogen and oxygen atoms in total. The number of allylic oxidation sites excluding steroid dienone is 1. The molecule has 0 aliphatic heterocycles. The summed E-state index contributed by atoms with van der Waals surface area (Å²) in [6.07, 6.45) is 3.36. The lowest BCUT2D eigenvalue weighted by Crippen LogP contribution is -2.01. The molecule has 0 aliphatic carbocycles. The fourth-order valence-electron chi connectivity index (χ4n) is 0.685. The zero-order chi connectivity index (χ0) is 12.3. The van der Waals surface area contributed by atoms with Crippen molar-refractivity contribution < 1.29 is 14.6 Å². The number of hydrogen-bond donors (Lipinski definition) is 2. The number of nitrogens with two attached hydrogens (primary N) is 1. The predicted octanol–water partition coefficient (Wildman–Crippen LogP) is 1.35. The predicted molar refractivity (Wildman–Crippen MR) is 61.7 cm³/mol. The lowest BCUT2D eigenvalue weighted by atomic mass is 10.1. The van der Waals surface area contributed by atoms with Gasteiger partial charge in [-0.05, 0) is 19.0 Å². The highest BCUT2D eigenvalue weighted by atomic mass is 16.4. The highest BCUT2D eigenvalue weighted by Gasteiger charge is 2.01. The van der Waals surface area contributed by atoms with Gasteiger partial charge in [-0.2, -0.15) is 0 Å². The van der Waals surface area contributed by atoms with Gasteiger partial charge in [0.05, 0.1) is 5.57 Å². The molecule has 0 amide bonds. The van der Waals surface area contributed by atoms with Gasteiger partial charge in [-0.25, -0.2) is 4.79 Å². The fraction of sp³-hybridized carbons (Fsp3) is 0.364. The van der Waals surface area contributed by atoms with Crippen LogP contribution in [-0.4, -0.2) is 31.8 Å². The maximum atomic E-state index is 10.5. The third-order valence-corrected chi connectivity index (χ3v) is 1.29. The number of rotatable bonds is 5. The minimum atomic E-state index is -0.997. The van der Waals surface area contributed by atoms with Gasteiger partial charge in [0, 0.05) is 14.2 Å². The van der Waals surface area contributed by atoms with E-state index >= 15 is 0 Å². The molecule has 0 aromatic heterocycles. The van der Waals surface area contributed by atoms with Crippen molar-refractivity contribution in [1.82, 2.24) is 0 Å². The number of methoxy groups -OCH3 is 1. The van der Waals surface area contributed by atoms with E-state index in [0.717, 1.165) is 0 Å². The number of aliphatic carboxylic acids is 1. The van der Waals surface area contributed by atoms with Crippen LogP contribution >= 0.6 is 0 Å². The zero-order valence-electron chi connectivity index (χ0n) is 9.32. The van der Waals surface area contributed by atoms with Crippen LogP contribution in [0.25, 0.3) is 0 Å². The van der Waals surface area contributed by atoms with Gasteiger partial charge in [0.2, 0.25) is 0 Å². The summed E-state index contributed by atoms with van der Waals surface area (Å²) in [7, 11) is 3.25. The SMILES string of the molecule is C=C/C(=C\C(=C)CCN)C(=O)O.COC. The summed E-state index contributed by atoms with van der Waals surface area (Å²) in [6, 6.07) is 0. The normalized spacial score (nSPS) is 9.93. The highest BCUT2D eigenvalue weighted by Crippen LogP contribution is 2.04. The van der Waals surface area contributed by atoms with Crippen LogP contribution in [0.2, 0.25) is 0 Å². The molecule has 0 radical (unpaired) electrons. The van der Waals surface area contributed by atoms with Crippen molar-refractivity contribution in [3.8, 4) is 0 Å². The van der Waals surface area contributed by atoms with Crippen LogP contribution in [0.5, 0.6) is 0 Å². The number of ether oxygens (including phenoxy) is 1. The van der Waals surface area contributed by atoms with Crippen molar-refractivity contribution in [2.24, 2.45) is 5.73 Å². The minimum absolute atomic E-state index is 0.147. The van der Waals surface area contributed by atoms with E-state index in [1.807, 2.05) is 0 Å². The van der Waals surface area contributed by atoms with Crippen LogP contribution in [0.1, 0.15) is 6.42 Å². The van der Waals surface area contributed by atoms with Crippen LogP contribution < -0.4 is 5.73 Å². The van der Waals surface area contributed by atoms with Crippen LogP contribution in [-0.2, 0) is 9.53 Å². The lowest BCUT2D eigenvalue weighted by Gasteiger charge is -1.97. The number of hydrogen-bond acceptors (Lipinski definition) is 3. The maximum Gasteiger partial charge on any atom is 0.335 e. The molecule has 0 bridgehead atoms. The lowest BCUT2D eigenvalue weighted by molar-refractivity contribution is -0.132.